The van der Waals surface area contributed by atoms with E-state index in [4.69, 9.17) is 14.6 Å². The topological polar surface area (TPSA) is 93.2 Å². The number of anilines is 2. The van der Waals surface area contributed by atoms with Crippen molar-refractivity contribution in [2.45, 2.75) is 75.9 Å². The van der Waals surface area contributed by atoms with Crippen molar-refractivity contribution in [2.24, 2.45) is 0 Å². The van der Waals surface area contributed by atoms with Gasteiger partial charge in [0.25, 0.3) is 6.10 Å². The van der Waals surface area contributed by atoms with E-state index in [-0.39, 0.29) is 32.0 Å². The van der Waals surface area contributed by atoms with E-state index in [1.807, 2.05) is 17.0 Å². The second kappa shape index (κ2) is 22.5. The van der Waals surface area contributed by atoms with Gasteiger partial charge in [-0.2, -0.15) is 52.7 Å². The number of ether oxygens (including phenoxy) is 3. The van der Waals surface area contributed by atoms with Crippen molar-refractivity contribution in [1.82, 2.24) is 20.0 Å². The average molecular weight is 949 g/mol. The van der Waals surface area contributed by atoms with Crippen molar-refractivity contribution in [3.63, 3.8) is 0 Å². The van der Waals surface area contributed by atoms with Crippen molar-refractivity contribution in [3.8, 4) is 0 Å². The van der Waals surface area contributed by atoms with Gasteiger partial charge in [-0.05, 0) is 38.1 Å². The normalized spacial score (nSPS) is 21.0. The molecule has 0 radical (unpaired) electrons. The molecule has 2 atom stereocenters. The summed E-state index contributed by atoms with van der Waals surface area (Å²) in [5.74, 6) is -0.517. The molecule has 64 heavy (non-hydrogen) atoms. The standard InChI is InChI=1S/C20H24F7N3O3.C16H24FN3O.C3H2F6O/c1-13-11-28(4-5-30(13)18(31)33-17(19(22,23)24)20(25,26)27)12-14-2-3-15(10-16(14)21)29-6-8-32-9-7-29;1-13-11-19(5-4-18-13)12-14-2-3-15(10-16(14)17)20-6-8-21-9-7-20;4-2(5,6)1(10)3(7,8)9/h2-3,10,13,17H,4-9,11-12H2,1H3;2-3,10,13,18H,4-9,11-12H2,1H3;1,10H/t2*13-;/m11./s1. The number of benzene rings is 2. The van der Waals surface area contributed by atoms with Crippen LogP contribution in [0.3, 0.4) is 0 Å². The van der Waals surface area contributed by atoms with Crippen LogP contribution in [-0.2, 0) is 27.3 Å². The molecule has 2 N–H and O–H groups in total. The minimum atomic E-state index is -5.77. The van der Waals surface area contributed by atoms with Gasteiger partial charge in [-0.25, -0.2) is 13.6 Å². The average Bonchev–Trinajstić information content (AvgIpc) is 3.21. The first-order valence-corrected chi connectivity index (χ1v) is 20.1. The molecule has 0 unspecified atom stereocenters. The van der Waals surface area contributed by atoms with Gasteiger partial charge in [0.1, 0.15) is 11.6 Å². The molecule has 4 fully saturated rings. The van der Waals surface area contributed by atoms with E-state index >= 15 is 0 Å². The zero-order valence-corrected chi connectivity index (χ0v) is 34.7. The first kappa shape index (κ1) is 52.7. The van der Waals surface area contributed by atoms with E-state index in [1.165, 1.54) is 13.0 Å². The molecule has 25 heteroatoms. The van der Waals surface area contributed by atoms with Crippen molar-refractivity contribution < 1.29 is 85.6 Å². The van der Waals surface area contributed by atoms with E-state index in [9.17, 15) is 66.3 Å². The number of aliphatic hydroxyl groups excluding tert-OH is 1. The number of hydrogen-bond donors (Lipinski definition) is 2. The highest BCUT2D eigenvalue weighted by molar-refractivity contribution is 5.68. The predicted octanol–water partition coefficient (Wildman–Crippen LogP) is 6.73. The molecule has 2 aromatic rings. The zero-order chi connectivity index (χ0) is 47.6. The number of halogens is 14. The summed E-state index contributed by atoms with van der Waals surface area (Å²) in [5.41, 5.74) is 2.88. The van der Waals surface area contributed by atoms with Crippen LogP contribution in [0.4, 0.5) is 77.6 Å². The molecule has 0 aliphatic carbocycles. The third-order valence-corrected chi connectivity index (χ3v) is 10.4. The fraction of sp³-hybridized carbons (Fsp3) is 0.667. The van der Waals surface area contributed by atoms with E-state index in [1.54, 1.807) is 23.1 Å². The van der Waals surface area contributed by atoms with Gasteiger partial charge in [0.05, 0.1) is 26.4 Å². The monoisotopic (exact) mass is 948 g/mol. The summed E-state index contributed by atoms with van der Waals surface area (Å²) in [6, 6.07) is 10.2. The van der Waals surface area contributed by atoms with E-state index < -0.39 is 54.9 Å². The summed E-state index contributed by atoms with van der Waals surface area (Å²) in [6.07, 6.45) is -32.9. The number of alkyl halides is 12. The number of rotatable bonds is 7. The maximum absolute atomic E-state index is 14.6. The summed E-state index contributed by atoms with van der Waals surface area (Å²) in [5, 5.41) is 10.9. The number of carbonyl (C=O) groups is 1. The lowest BCUT2D eigenvalue weighted by atomic mass is 10.1. The molecule has 2 aromatic carbocycles. The number of nitrogens with zero attached hydrogens (tertiary/aromatic N) is 5. The van der Waals surface area contributed by atoms with Crippen LogP contribution in [0.15, 0.2) is 36.4 Å². The van der Waals surface area contributed by atoms with Gasteiger partial charge in [0.15, 0.2) is 0 Å². The minimum Gasteiger partial charge on any atom is -0.426 e. The summed E-state index contributed by atoms with van der Waals surface area (Å²) < 4.78 is 185. The quantitative estimate of drug-likeness (QED) is 0.292. The van der Waals surface area contributed by atoms with Gasteiger partial charge in [0.2, 0.25) is 6.10 Å². The van der Waals surface area contributed by atoms with Crippen molar-refractivity contribution in [1.29, 1.82) is 0 Å². The second-order valence-corrected chi connectivity index (χ2v) is 15.5. The molecule has 6 rings (SSSR count). The van der Waals surface area contributed by atoms with E-state index in [0.717, 1.165) is 67.8 Å². The molecular formula is C39H50F14N6O5. The Balaban J connectivity index is 0.000000245. The van der Waals surface area contributed by atoms with Crippen LogP contribution in [0.1, 0.15) is 25.0 Å². The Morgan fingerprint density at radius 2 is 1.11 bits per heavy atom. The summed E-state index contributed by atoms with van der Waals surface area (Å²) in [7, 11) is 0. The Labute approximate surface area is 359 Å². The van der Waals surface area contributed by atoms with Crippen LogP contribution in [0.2, 0.25) is 0 Å². The molecule has 11 nitrogen and oxygen atoms in total. The van der Waals surface area contributed by atoms with E-state index in [0.29, 0.717) is 44.5 Å². The van der Waals surface area contributed by atoms with E-state index in [2.05, 4.69) is 26.8 Å². The molecule has 4 aliphatic rings. The smallest absolute Gasteiger partial charge is 0.426 e. The maximum atomic E-state index is 14.6. The van der Waals surface area contributed by atoms with Crippen molar-refractivity contribution >= 4 is 17.5 Å². The number of nitrogens with one attached hydrogen (secondary N) is 1. The Morgan fingerprint density at radius 3 is 1.47 bits per heavy atom. The Bertz CT molecular complexity index is 1750. The van der Waals surface area contributed by atoms with Gasteiger partial charge >= 0.3 is 30.8 Å². The Kier molecular flexibility index (Phi) is 18.6. The largest absolute Gasteiger partial charge is 0.434 e. The van der Waals surface area contributed by atoms with Gasteiger partial charge in [-0.15, -0.1) is 0 Å². The molecule has 4 heterocycles. The van der Waals surface area contributed by atoms with Crippen LogP contribution < -0.4 is 15.1 Å². The van der Waals surface area contributed by atoms with Crippen LogP contribution in [0, 0.1) is 11.6 Å². The summed E-state index contributed by atoms with van der Waals surface area (Å²) in [4.78, 5) is 21.1. The highest BCUT2D eigenvalue weighted by Gasteiger charge is 2.60. The number of carbonyl (C=O) groups excluding carboxylic acids is 1. The molecule has 364 valence electrons. The van der Waals surface area contributed by atoms with Crippen molar-refractivity contribution in [2.75, 3.05) is 102 Å². The van der Waals surface area contributed by atoms with Gasteiger partial charge in [0, 0.05) is 113 Å². The highest BCUT2D eigenvalue weighted by Crippen LogP contribution is 2.37. The first-order valence-electron chi connectivity index (χ1n) is 20.1. The third kappa shape index (κ3) is 15.9. The van der Waals surface area contributed by atoms with Gasteiger partial charge in [-0.3, -0.25) is 9.80 Å². The Morgan fingerprint density at radius 1 is 0.672 bits per heavy atom. The summed E-state index contributed by atoms with van der Waals surface area (Å²) in [6.45, 7) is 13.1. The lowest BCUT2D eigenvalue weighted by Crippen LogP contribution is -2.56. The Hall–Kier alpha value is -3.91. The van der Waals surface area contributed by atoms with Crippen LogP contribution in [-0.4, -0.2) is 167 Å². The minimum absolute atomic E-state index is 0.0924. The molecular weight excluding hydrogens is 898 g/mol. The molecule has 4 saturated heterocycles. The predicted molar refractivity (Wildman–Crippen MR) is 204 cm³/mol. The molecule has 1 amide bonds. The number of piperazine rings is 2. The molecule has 0 bridgehead atoms. The maximum Gasteiger partial charge on any atom is 0.434 e. The lowest BCUT2D eigenvalue weighted by molar-refractivity contribution is -0.309. The molecule has 0 aromatic heterocycles. The van der Waals surface area contributed by atoms with Gasteiger partial charge < -0.3 is 39.3 Å². The highest BCUT2D eigenvalue weighted by atomic mass is 19.4. The molecule has 0 saturated carbocycles. The van der Waals surface area contributed by atoms with Crippen LogP contribution in [0.5, 0.6) is 0 Å². The van der Waals surface area contributed by atoms with Crippen LogP contribution in [0.25, 0.3) is 0 Å². The first-order chi connectivity index (χ1) is 29.7. The number of morpholine rings is 2. The lowest BCUT2D eigenvalue weighted by Gasteiger charge is -2.40. The SMILES string of the molecule is C[C@@H]1CN(Cc2ccc(N3CCOCC3)cc2F)CCN1.C[C@@H]1CN(Cc2ccc(N3CCOCC3)cc2F)CCN1C(=O)OC(C(F)(F)F)C(F)(F)F.OC(C(F)(F)F)C(F)(F)F. The van der Waals surface area contributed by atoms with Crippen LogP contribution >= 0.6 is 0 Å². The van der Waals surface area contributed by atoms with Crippen molar-refractivity contribution in [3.05, 3.63) is 59.2 Å². The third-order valence-electron chi connectivity index (χ3n) is 10.4. The number of amides is 1. The number of aliphatic hydroxyl groups is 1. The van der Waals surface area contributed by atoms with Gasteiger partial charge in [-0.1, -0.05) is 12.1 Å². The molecule has 0 spiro atoms. The second-order valence-electron chi connectivity index (χ2n) is 15.5. The summed E-state index contributed by atoms with van der Waals surface area (Å²) >= 11 is 0. The zero-order valence-electron chi connectivity index (χ0n) is 34.7. The molecule has 4 aliphatic heterocycles. The fourth-order valence-electron chi connectivity index (χ4n) is 7.12. The fourth-order valence-corrected chi connectivity index (χ4v) is 7.12. The number of hydrogen-bond acceptors (Lipinski definition) is 10.